The standard InChI is InChI=1S/C15H17N3O3/c16-13(19)10-4-3-5-11-12(10)17-14(21-11)18-7-2-1-6-15(18)8-20-9-15/h3-5H,1-2,6-9H2,(H2,16,19). The number of benzene rings is 1. The molecule has 21 heavy (non-hydrogen) atoms. The van der Waals surface area contributed by atoms with Crippen molar-refractivity contribution in [3.05, 3.63) is 23.8 Å². The van der Waals surface area contributed by atoms with Gasteiger partial charge in [0.05, 0.1) is 24.3 Å². The van der Waals surface area contributed by atoms with Crippen LogP contribution in [0.4, 0.5) is 6.01 Å². The summed E-state index contributed by atoms with van der Waals surface area (Å²) < 4.78 is 11.3. The second-order valence-electron chi connectivity index (χ2n) is 5.84. The van der Waals surface area contributed by atoms with Gasteiger partial charge in [-0.1, -0.05) is 6.07 Å². The van der Waals surface area contributed by atoms with Gasteiger partial charge in [0.2, 0.25) is 0 Å². The molecule has 2 aliphatic heterocycles. The molecular weight excluding hydrogens is 270 g/mol. The topological polar surface area (TPSA) is 81.6 Å². The Hall–Kier alpha value is -2.08. The molecule has 6 heteroatoms. The summed E-state index contributed by atoms with van der Waals surface area (Å²) in [6.07, 6.45) is 3.41. The van der Waals surface area contributed by atoms with E-state index in [-0.39, 0.29) is 5.54 Å². The number of amides is 1. The average Bonchev–Trinajstić information content (AvgIpc) is 2.88. The number of ether oxygens (including phenoxy) is 1. The fraction of sp³-hybridized carbons (Fsp3) is 0.467. The number of anilines is 1. The van der Waals surface area contributed by atoms with Crippen LogP contribution >= 0.6 is 0 Å². The Labute approximate surface area is 121 Å². The van der Waals surface area contributed by atoms with E-state index in [4.69, 9.17) is 14.9 Å². The minimum absolute atomic E-state index is 0.0199. The van der Waals surface area contributed by atoms with Crippen LogP contribution < -0.4 is 10.6 Å². The quantitative estimate of drug-likeness (QED) is 0.909. The summed E-state index contributed by atoms with van der Waals surface area (Å²) in [5.74, 6) is -0.485. The third-order valence-electron chi connectivity index (χ3n) is 4.49. The van der Waals surface area contributed by atoms with Gasteiger partial charge in [-0.2, -0.15) is 4.98 Å². The molecule has 2 aliphatic rings. The number of para-hydroxylation sites is 1. The Balaban J connectivity index is 1.80. The summed E-state index contributed by atoms with van der Waals surface area (Å²) in [5.41, 5.74) is 6.97. The molecule has 0 radical (unpaired) electrons. The third kappa shape index (κ3) is 1.82. The van der Waals surface area contributed by atoms with E-state index in [2.05, 4.69) is 9.88 Å². The van der Waals surface area contributed by atoms with Gasteiger partial charge in [0.1, 0.15) is 5.52 Å². The molecule has 0 unspecified atom stereocenters. The molecular formula is C15H17N3O3. The Morgan fingerprint density at radius 1 is 1.33 bits per heavy atom. The van der Waals surface area contributed by atoms with Gasteiger partial charge >= 0.3 is 0 Å². The van der Waals surface area contributed by atoms with Crippen molar-refractivity contribution in [2.75, 3.05) is 24.7 Å². The van der Waals surface area contributed by atoms with Crippen molar-refractivity contribution in [1.82, 2.24) is 4.98 Å². The van der Waals surface area contributed by atoms with Gasteiger partial charge in [-0.05, 0) is 31.4 Å². The van der Waals surface area contributed by atoms with Gasteiger partial charge in [0, 0.05) is 6.54 Å². The fourth-order valence-corrected chi connectivity index (χ4v) is 3.28. The highest BCUT2D eigenvalue weighted by Crippen LogP contribution is 2.39. The number of nitrogens with two attached hydrogens (primary N) is 1. The molecule has 1 aromatic heterocycles. The second kappa shape index (κ2) is 4.46. The van der Waals surface area contributed by atoms with Crippen LogP contribution in [0.2, 0.25) is 0 Å². The monoisotopic (exact) mass is 287 g/mol. The van der Waals surface area contributed by atoms with E-state index in [0.717, 1.165) is 19.4 Å². The SMILES string of the molecule is NC(=O)c1cccc2oc(N3CCCCC34COC4)nc12. The minimum Gasteiger partial charge on any atom is -0.423 e. The van der Waals surface area contributed by atoms with Gasteiger partial charge in [-0.15, -0.1) is 0 Å². The van der Waals surface area contributed by atoms with Crippen LogP contribution in [-0.4, -0.2) is 36.2 Å². The first-order valence-electron chi connectivity index (χ1n) is 7.24. The summed E-state index contributed by atoms with van der Waals surface area (Å²) in [6, 6.07) is 5.82. The van der Waals surface area contributed by atoms with Gasteiger partial charge in [-0.3, -0.25) is 4.79 Å². The largest absolute Gasteiger partial charge is 0.423 e. The van der Waals surface area contributed by atoms with Crippen LogP contribution in [0.25, 0.3) is 11.1 Å². The average molecular weight is 287 g/mol. The number of oxazole rings is 1. The molecule has 1 spiro atoms. The van der Waals surface area contributed by atoms with Crippen LogP contribution in [0.15, 0.2) is 22.6 Å². The zero-order valence-corrected chi connectivity index (χ0v) is 11.7. The molecule has 1 aromatic carbocycles. The maximum absolute atomic E-state index is 11.5. The first-order valence-corrected chi connectivity index (χ1v) is 7.24. The zero-order chi connectivity index (χ0) is 14.4. The Bertz CT molecular complexity index is 705. The van der Waals surface area contributed by atoms with Crippen LogP contribution in [0, 0.1) is 0 Å². The number of primary amides is 1. The van der Waals surface area contributed by atoms with E-state index >= 15 is 0 Å². The van der Waals surface area contributed by atoms with Crippen molar-refractivity contribution in [3.8, 4) is 0 Å². The fourth-order valence-electron chi connectivity index (χ4n) is 3.28. The Morgan fingerprint density at radius 2 is 2.19 bits per heavy atom. The third-order valence-corrected chi connectivity index (χ3v) is 4.49. The lowest BCUT2D eigenvalue weighted by molar-refractivity contribution is -0.0701. The van der Waals surface area contributed by atoms with Crippen molar-refractivity contribution >= 4 is 23.0 Å². The van der Waals surface area contributed by atoms with Gasteiger partial charge in [0.15, 0.2) is 5.58 Å². The van der Waals surface area contributed by atoms with Crippen molar-refractivity contribution < 1.29 is 13.9 Å². The summed E-state index contributed by atoms with van der Waals surface area (Å²) in [5, 5.41) is 0. The minimum atomic E-state index is -0.485. The second-order valence-corrected chi connectivity index (χ2v) is 5.84. The van der Waals surface area contributed by atoms with E-state index in [1.165, 1.54) is 6.42 Å². The van der Waals surface area contributed by atoms with Crippen molar-refractivity contribution in [1.29, 1.82) is 0 Å². The molecule has 2 saturated heterocycles. The number of rotatable bonds is 2. The van der Waals surface area contributed by atoms with Gasteiger partial charge < -0.3 is 19.8 Å². The predicted octanol–water partition coefficient (Wildman–Crippen LogP) is 1.69. The van der Waals surface area contributed by atoms with Crippen molar-refractivity contribution in [3.63, 3.8) is 0 Å². The zero-order valence-electron chi connectivity index (χ0n) is 11.7. The first kappa shape index (κ1) is 12.6. The number of hydrogen-bond acceptors (Lipinski definition) is 5. The van der Waals surface area contributed by atoms with Crippen molar-refractivity contribution in [2.24, 2.45) is 5.73 Å². The van der Waals surface area contributed by atoms with Gasteiger partial charge in [-0.25, -0.2) is 0 Å². The maximum Gasteiger partial charge on any atom is 0.299 e. The lowest BCUT2D eigenvalue weighted by atomic mass is 9.85. The van der Waals surface area contributed by atoms with E-state index in [9.17, 15) is 4.79 Å². The highest BCUT2D eigenvalue weighted by Gasteiger charge is 2.47. The van der Waals surface area contributed by atoms with E-state index in [1.54, 1.807) is 12.1 Å². The Morgan fingerprint density at radius 3 is 2.90 bits per heavy atom. The molecule has 2 N–H and O–H groups in total. The van der Waals surface area contributed by atoms with E-state index in [1.807, 2.05) is 6.07 Å². The number of nitrogens with zero attached hydrogens (tertiary/aromatic N) is 2. The normalized spacial score (nSPS) is 20.7. The summed E-state index contributed by atoms with van der Waals surface area (Å²) in [7, 11) is 0. The van der Waals surface area contributed by atoms with Crippen LogP contribution in [0.1, 0.15) is 29.6 Å². The van der Waals surface area contributed by atoms with Crippen molar-refractivity contribution in [2.45, 2.75) is 24.8 Å². The summed E-state index contributed by atoms with van der Waals surface area (Å²) in [4.78, 5) is 18.2. The first-order chi connectivity index (χ1) is 10.2. The van der Waals surface area contributed by atoms with Crippen LogP contribution in [-0.2, 0) is 4.74 Å². The number of aromatic nitrogens is 1. The smallest absolute Gasteiger partial charge is 0.299 e. The van der Waals surface area contributed by atoms with Crippen LogP contribution in [0.3, 0.4) is 0 Å². The molecule has 0 bridgehead atoms. The number of carbonyl (C=O) groups is 1. The maximum atomic E-state index is 11.5. The molecule has 1 amide bonds. The predicted molar refractivity (Wildman–Crippen MR) is 77.3 cm³/mol. The molecule has 6 nitrogen and oxygen atoms in total. The molecule has 0 atom stereocenters. The molecule has 0 aliphatic carbocycles. The number of carbonyl (C=O) groups excluding carboxylic acids is 1. The molecule has 2 aromatic rings. The number of hydrogen-bond donors (Lipinski definition) is 1. The lowest BCUT2D eigenvalue weighted by Gasteiger charge is -2.51. The van der Waals surface area contributed by atoms with E-state index in [0.29, 0.717) is 35.9 Å². The highest BCUT2D eigenvalue weighted by molar-refractivity contribution is 6.03. The van der Waals surface area contributed by atoms with Crippen LogP contribution in [0.5, 0.6) is 0 Å². The highest BCUT2D eigenvalue weighted by atomic mass is 16.5. The van der Waals surface area contributed by atoms with E-state index < -0.39 is 5.91 Å². The molecule has 4 rings (SSSR count). The number of piperidine rings is 1. The van der Waals surface area contributed by atoms with Gasteiger partial charge in [0.25, 0.3) is 11.9 Å². The Kier molecular flexibility index (Phi) is 2.68. The summed E-state index contributed by atoms with van der Waals surface area (Å²) in [6.45, 7) is 2.34. The number of fused-ring (bicyclic) bond motifs is 1. The summed E-state index contributed by atoms with van der Waals surface area (Å²) >= 11 is 0. The lowest BCUT2D eigenvalue weighted by Crippen LogP contribution is -2.64. The molecule has 3 heterocycles. The molecule has 0 saturated carbocycles. The molecule has 2 fully saturated rings. The molecule has 110 valence electrons.